The first-order valence-electron chi connectivity index (χ1n) is 8.02. The van der Waals surface area contributed by atoms with Gasteiger partial charge < -0.3 is 44.5 Å². The molecule has 0 spiro atoms. The number of hydrogen-bond acceptors (Lipinski definition) is 9. The Balaban J connectivity index is 1.51. The van der Waals surface area contributed by atoms with E-state index < -0.39 is 55.3 Å². The van der Waals surface area contributed by atoms with Gasteiger partial charge in [-0.3, -0.25) is 0 Å². The fourth-order valence-electron chi connectivity index (χ4n) is 4.13. The maximum absolute atomic E-state index is 10.3. The highest BCUT2D eigenvalue weighted by atomic mass is 16.8. The van der Waals surface area contributed by atoms with Crippen molar-refractivity contribution in [2.24, 2.45) is 11.8 Å². The SMILES string of the molecule is CC12OC1C(O)C1C=COC(OC3OC(CO)C(O)C(O)C3O)C12. The normalized spacial score (nSPS) is 58.8. The fourth-order valence-corrected chi connectivity index (χ4v) is 4.13. The van der Waals surface area contributed by atoms with Gasteiger partial charge in [0.25, 0.3) is 0 Å². The van der Waals surface area contributed by atoms with E-state index >= 15 is 0 Å². The first-order valence-corrected chi connectivity index (χ1v) is 8.02. The molecule has 0 aromatic rings. The van der Waals surface area contributed by atoms with Crippen molar-refractivity contribution >= 4 is 0 Å². The lowest BCUT2D eigenvalue weighted by Gasteiger charge is -2.43. The molecule has 0 amide bonds. The zero-order chi connectivity index (χ0) is 17.2. The predicted octanol–water partition coefficient (Wildman–Crippen LogP) is -2.56. The molecule has 11 atom stereocenters. The van der Waals surface area contributed by atoms with Crippen molar-refractivity contribution in [1.29, 1.82) is 0 Å². The van der Waals surface area contributed by atoms with Gasteiger partial charge in [0.2, 0.25) is 6.29 Å². The molecule has 0 aromatic heterocycles. The standard InChI is InChI=1S/C15H22O9/c1-15-7-5(8(17)12(15)24-15)2-3-21-13(7)23-14-11(20)10(19)9(18)6(4-16)22-14/h2-3,5-14,16-20H,4H2,1H3. The van der Waals surface area contributed by atoms with E-state index in [-0.39, 0.29) is 17.9 Å². The van der Waals surface area contributed by atoms with E-state index in [1.165, 1.54) is 6.26 Å². The van der Waals surface area contributed by atoms with Crippen molar-refractivity contribution in [3.05, 3.63) is 12.3 Å². The fraction of sp³-hybridized carbons (Fsp3) is 0.867. The van der Waals surface area contributed by atoms with Crippen LogP contribution in [0.15, 0.2) is 12.3 Å². The van der Waals surface area contributed by atoms with E-state index in [4.69, 9.17) is 18.9 Å². The topological polar surface area (TPSA) is 141 Å². The van der Waals surface area contributed by atoms with Gasteiger partial charge in [0.05, 0.1) is 24.9 Å². The summed E-state index contributed by atoms with van der Waals surface area (Å²) in [6.07, 6.45) is -5.48. The number of ether oxygens (including phenoxy) is 4. The molecule has 1 aliphatic carbocycles. The number of epoxide rings is 1. The van der Waals surface area contributed by atoms with Crippen LogP contribution in [0.3, 0.4) is 0 Å². The molecule has 3 fully saturated rings. The number of hydrogen-bond donors (Lipinski definition) is 5. The van der Waals surface area contributed by atoms with Gasteiger partial charge in [0.15, 0.2) is 6.29 Å². The summed E-state index contributed by atoms with van der Waals surface area (Å²) in [4.78, 5) is 0. The minimum atomic E-state index is -1.52. The van der Waals surface area contributed by atoms with E-state index in [0.29, 0.717) is 0 Å². The average molecular weight is 346 g/mol. The van der Waals surface area contributed by atoms with Crippen LogP contribution in [0, 0.1) is 11.8 Å². The largest absolute Gasteiger partial charge is 0.472 e. The van der Waals surface area contributed by atoms with Crippen molar-refractivity contribution in [2.75, 3.05) is 6.61 Å². The van der Waals surface area contributed by atoms with Gasteiger partial charge in [-0.2, -0.15) is 0 Å². The molecule has 9 heteroatoms. The van der Waals surface area contributed by atoms with Gasteiger partial charge in [0.1, 0.15) is 36.1 Å². The number of aliphatic hydroxyl groups excluding tert-OH is 5. The molecular formula is C15H22O9. The van der Waals surface area contributed by atoms with Gasteiger partial charge in [-0.15, -0.1) is 0 Å². The molecule has 24 heavy (non-hydrogen) atoms. The highest BCUT2D eigenvalue weighted by molar-refractivity contribution is 5.23. The van der Waals surface area contributed by atoms with Crippen LogP contribution in [0.5, 0.6) is 0 Å². The summed E-state index contributed by atoms with van der Waals surface area (Å²) >= 11 is 0. The second-order valence-corrected chi connectivity index (χ2v) is 6.98. The van der Waals surface area contributed by atoms with Crippen LogP contribution in [0.2, 0.25) is 0 Å². The van der Waals surface area contributed by atoms with Crippen LogP contribution >= 0.6 is 0 Å². The highest BCUT2D eigenvalue weighted by Crippen LogP contribution is 2.59. The van der Waals surface area contributed by atoms with E-state index in [2.05, 4.69) is 0 Å². The summed E-state index contributed by atoms with van der Waals surface area (Å²) in [6.45, 7) is 1.32. The van der Waals surface area contributed by atoms with Crippen molar-refractivity contribution < 1.29 is 44.5 Å². The zero-order valence-electron chi connectivity index (χ0n) is 13.0. The molecular weight excluding hydrogens is 324 g/mol. The highest BCUT2D eigenvalue weighted by Gasteiger charge is 2.73. The monoisotopic (exact) mass is 346 g/mol. The molecule has 3 aliphatic heterocycles. The van der Waals surface area contributed by atoms with Gasteiger partial charge in [-0.25, -0.2) is 0 Å². The summed E-state index contributed by atoms with van der Waals surface area (Å²) in [5, 5.41) is 49.2. The molecule has 0 bridgehead atoms. The third kappa shape index (κ3) is 2.24. The number of rotatable bonds is 3. The van der Waals surface area contributed by atoms with Gasteiger partial charge in [-0.1, -0.05) is 0 Å². The van der Waals surface area contributed by atoms with E-state index in [1.807, 2.05) is 6.92 Å². The molecule has 4 rings (SSSR count). The lowest BCUT2D eigenvalue weighted by Crippen LogP contribution is -2.60. The predicted molar refractivity (Wildman–Crippen MR) is 75.1 cm³/mol. The zero-order valence-corrected chi connectivity index (χ0v) is 13.0. The summed E-state index contributed by atoms with van der Waals surface area (Å²) in [5.41, 5.74) is -0.590. The summed E-state index contributed by atoms with van der Waals surface area (Å²) < 4.78 is 22.1. The van der Waals surface area contributed by atoms with Crippen molar-refractivity contribution in [3.63, 3.8) is 0 Å². The van der Waals surface area contributed by atoms with E-state index in [1.54, 1.807) is 6.08 Å². The third-order valence-corrected chi connectivity index (χ3v) is 5.59. The Kier molecular flexibility index (Phi) is 3.90. The van der Waals surface area contributed by atoms with Crippen LogP contribution in [0.1, 0.15) is 6.92 Å². The molecule has 9 nitrogen and oxygen atoms in total. The Hall–Kier alpha value is -0.780. The number of fused-ring (bicyclic) bond motifs is 3. The minimum absolute atomic E-state index is 0.211. The first kappa shape index (κ1) is 16.7. The minimum Gasteiger partial charge on any atom is -0.472 e. The van der Waals surface area contributed by atoms with Crippen molar-refractivity contribution in [2.45, 2.75) is 61.7 Å². The summed E-state index contributed by atoms with van der Waals surface area (Å²) in [5.74, 6) is -0.521. The average Bonchev–Trinajstić information content (AvgIpc) is 3.21. The molecule has 136 valence electrons. The Morgan fingerprint density at radius 1 is 1.04 bits per heavy atom. The first-order chi connectivity index (χ1) is 11.4. The van der Waals surface area contributed by atoms with Crippen LogP contribution < -0.4 is 0 Å². The smallest absolute Gasteiger partial charge is 0.208 e. The van der Waals surface area contributed by atoms with Crippen LogP contribution in [0.4, 0.5) is 0 Å². The van der Waals surface area contributed by atoms with Crippen molar-refractivity contribution in [3.8, 4) is 0 Å². The van der Waals surface area contributed by atoms with Crippen LogP contribution in [0.25, 0.3) is 0 Å². The number of aliphatic hydroxyl groups is 5. The molecule has 1 saturated carbocycles. The van der Waals surface area contributed by atoms with E-state index in [9.17, 15) is 25.5 Å². The maximum atomic E-state index is 10.3. The molecule has 5 N–H and O–H groups in total. The molecule has 4 aliphatic rings. The lowest BCUT2D eigenvalue weighted by molar-refractivity contribution is -0.344. The van der Waals surface area contributed by atoms with Gasteiger partial charge in [-0.05, 0) is 13.0 Å². The molecule has 2 saturated heterocycles. The summed E-state index contributed by atoms with van der Waals surface area (Å²) in [6, 6.07) is 0. The second kappa shape index (κ2) is 5.61. The molecule has 3 heterocycles. The Morgan fingerprint density at radius 3 is 2.50 bits per heavy atom. The molecule has 11 unspecified atom stereocenters. The quantitative estimate of drug-likeness (QED) is 0.349. The van der Waals surface area contributed by atoms with Crippen LogP contribution in [-0.4, -0.2) is 86.9 Å². The molecule has 0 aromatic carbocycles. The van der Waals surface area contributed by atoms with Crippen LogP contribution in [-0.2, 0) is 18.9 Å². The van der Waals surface area contributed by atoms with Crippen molar-refractivity contribution in [1.82, 2.24) is 0 Å². The van der Waals surface area contributed by atoms with E-state index in [0.717, 1.165) is 0 Å². The molecule has 0 radical (unpaired) electrons. The van der Waals surface area contributed by atoms with Gasteiger partial charge >= 0.3 is 0 Å². The Bertz CT molecular complexity index is 525. The Morgan fingerprint density at radius 2 is 1.79 bits per heavy atom. The summed E-state index contributed by atoms with van der Waals surface area (Å²) in [7, 11) is 0. The maximum Gasteiger partial charge on any atom is 0.208 e. The lowest BCUT2D eigenvalue weighted by atomic mass is 9.86. The van der Waals surface area contributed by atoms with Gasteiger partial charge in [0, 0.05) is 5.92 Å². The third-order valence-electron chi connectivity index (χ3n) is 5.59. The Labute approximate surface area is 138 Å². The second-order valence-electron chi connectivity index (χ2n) is 6.98.